The third-order valence-corrected chi connectivity index (χ3v) is 7.39. The van der Waals surface area contributed by atoms with Crippen molar-refractivity contribution in [1.29, 1.82) is 0 Å². The highest BCUT2D eigenvalue weighted by Crippen LogP contribution is 2.47. The van der Waals surface area contributed by atoms with Gasteiger partial charge in [0.2, 0.25) is 0 Å². The minimum Gasteiger partial charge on any atom is -0.303 e. The molecule has 0 heterocycles. The summed E-state index contributed by atoms with van der Waals surface area (Å²) in [7, 11) is 0. The minimum atomic E-state index is -0.399. The zero-order valence-electron chi connectivity index (χ0n) is 12.4. The zero-order valence-corrected chi connectivity index (χ0v) is 18.9. The Morgan fingerprint density at radius 2 is 1.30 bits per heavy atom. The summed E-state index contributed by atoms with van der Waals surface area (Å²) in [4.78, 5) is 23.7. The standard InChI is InChI=1S/C13H19I3N2O2/c1-7(2)12(3,4)13(5,6)17(14)8-9(18(15)16)11(20)10(8)19/h7H,1-6H3. The fraction of sp³-hybridized carbons (Fsp3) is 0.692. The van der Waals surface area contributed by atoms with Crippen LogP contribution in [0.1, 0.15) is 41.5 Å². The summed E-state index contributed by atoms with van der Waals surface area (Å²) in [6.07, 6.45) is 0. The van der Waals surface area contributed by atoms with E-state index in [1.54, 1.807) is 1.33 Å². The molecule has 0 N–H and O–H groups in total. The van der Waals surface area contributed by atoms with Gasteiger partial charge in [0.15, 0.2) is 0 Å². The Labute approximate surface area is 161 Å². The van der Waals surface area contributed by atoms with Gasteiger partial charge < -0.3 is 3.11 Å². The molecule has 0 spiro atoms. The van der Waals surface area contributed by atoms with E-state index in [4.69, 9.17) is 0 Å². The largest absolute Gasteiger partial charge is 0.303 e. The molecule has 4 nitrogen and oxygen atoms in total. The molecule has 0 atom stereocenters. The van der Waals surface area contributed by atoms with Crippen molar-refractivity contribution in [3.05, 3.63) is 20.4 Å². The van der Waals surface area contributed by atoms with Crippen LogP contribution in [0.4, 0.5) is 11.4 Å². The Bertz CT molecular complexity index is 572. The third-order valence-electron chi connectivity index (χ3n) is 4.74. The van der Waals surface area contributed by atoms with Gasteiger partial charge in [-0.15, -0.1) is 0 Å². The first-order chi connectivity index (χ1) is 8.87. The van der Waals surface area contributed by atoms with Crippen molar-refractivity contribution in [3.63, 3.8) is 0 Å². The van der Waals surface area contributed by atoms with E-state index >= 15 is 0 Å². The molecule has 0 fully saturated rings. The smallest absolute Gasteiger partial charge is 0.255 e. The molecule has 20 heavy (non-hydrogen) atoms. The average molecular weight is 616 g/mol. The summed E-state index contributed by atoms with van der Waals surface area (Å²) < 4.78 is 3.60. The molecule has 0 aliphatic carbocycles. The minimum absolute atomic E-state index is 0.0212. The highest BCUT2D eigenvalue weighted by Gasteiger charge is 2.46. The lowest BCUT2D eigenvalue weighted by atomic mass is 9.67. The first-order valence-corrected chi connectivity index (χ1v) is 9.17. The van der Waals surface area contributed by atoms with Crippen LogP contribution in [-0.2, 0) is 0 Å². The SMILES string of the molecule is CC(C)C(C)(C)C(C)(C)N(I)c1c(N(I)I)c(=O)c1=O. The fourth-order valence-electron chi connectivity index (χ4n) is 1.95. The summed E-state index contributed by atoms with van der Waals surface area (Å²) in [5.41, 5.74) is -0.0745. The van der Waals surface area contributed by atoms with Crippen LogP contribution in [0.25, 0.3) is 0 Å². The molecule has 114 valence electrons. The predicted molar refractivity (Wildman–Crippen MR) is 111 cm³/mol. The Kier molecular flexibility index (Phi) is 5.83. The Hall–Kier alpha value is 0.870. The van der Waals surface area contributed by atoms with E-state index in [1.807, 2.05) is 48.8 Å². The van der Waals surface area contributed by atoms with E-state index in [1.165, 1.54) is 0 Å². The number of rotatable bonds is 5. The number of hydrogen-bond acceptors (Lipinski definition) is 4. The first kappa shape index (κ1) is 18.9. The van der Waals surface area contributed by atoms with E-state index in [-0.39, 0.29) is 16.4 Å². The van der Waals surface area contributed by atoms with Crippen molar-refractivity contribution in [3.8, 4) is 0 Å². The Morgan fingerprint density at radius 3 is 1.65 bits per heavy atom. The topological polar surface area (TPSA) is 40.6 Å². The monoisotopic (exact) mass is 616 g/mol. The van der Waals surface area contributed by atoms with Gasteiger partial charge in [0, 0.05) is 0 Å². The summed E-state index contributed by atoms with van der Waals surface area (Å²) >= 11 is 6.19. The van der Waals surface area contributed by atoms with Crippen molar-refractivity contribution < 1.29 is 0 Å². The summed E-state index contributed by atoms with van der Waals surface area (Å²) in [6, 6.07) is 0. The zero-order chi connectivity index (χ0) is 16.0. The van der Waals surface area contributed by atoms with Gasteiger partial charge >= 0.3 is 0 Å². The van der Waals surface area contributed by atoms with Gasteiger partial charge in [-0.3, -0.25) is 9.59 Å². The molecule has 7 heteroatoms. The molecule has 1 rings (SSSR count). The van der Waals surface area contributed by atoms with Crippen molar-refractivity contribution in [2.45, 2.75) is 47.1 Å². The second-order valence-electron chi connectivity index (χ2n) is 6.30. The van der Waals surface area contributed by atoms with Crippen LogP contribution < -0.4 is 15.3 Å². The van der Waals surface area contributed by atoms with Gasteiger partial charge in [-0.1, -0.05) is 27.7 Å². The van der Waals surface area contributed by atoms with Gasteiger partial charge in [0.25, 0.3) is 10.9 Å². The van der Waals surface area contributed by atoms with Crippen molar-refractivity contribution in [1.82, 2.24) is 0 Å². The van der Waals surface area contributed by atoms with Crippen molar-refractivity contribution in [2.75, 3.05) is 4.44 Å². The van der Waals surface area contributed by atoms with Gasteiger partial charge in [-0.05, 0) is 25.2 Å². The molecule has 0 bridgehead atoms. The normalized spacial score (nSPS) is 13.1. The molecule has 1 aromatic rings. The molecule has 0 aromatic heterocycles. The number of nitrogens with zero attached hydrogens (tertiary/aromatic N) is 2. The average Bonchev–Trinajstić information content (AvgIpc) is 2.32. The summed E-state index contributed by atoms with van der Waals surface area (Å²) in [5.74, 6) is 0.444. The molecule has 0 unspecified atom stereocenters. The number of halogens is 3. The maximum absolute atomic E-state index is 12.0. The molecule has 0 saturated heterocycles. The van der Waals surface area contributed by atoms with E-state index in [0.29, 0.717) is 17.3 Å². The van der Waals surface area contributed by atoms with Crippen LogP contribution in [0.3, 0.4) is 0 Å². The third kappa shape index (κ3) is 2.86. The molecular formula is C13H19I3N2O2. The summed E-state index contributed by atoms with van der Waals surface area (Å²) in [6.45, 7) is 13.0. The predicted octanol–water partition coefficient (Wildman–Crippen LogP) is 4.41. The van der Waals surface area contributed by atoms with Crippen molar-refractivity contribution in [2.24, 2.45) is 11.3 Å². The lowest BCUT2D eigenvalue weighted by Crippen LogP contribution is -2.55. The molecular weight excluding hydrogens is 597 g/mol. The van der Waals surface area contributed by atoms with E-state index in [2.05, 4.69) is 64.4 Å². The lowest BCUT2D eigenvalue weighted by molar-refractivity contribution is 0.139. The quantitative estimate of drug-likeness (QED) is 0.280. The lowest BCUT2D eigenvalue weighted by Gasteiger charge is -2.50. The van der Waals surface area contributed by atoms with Crippen LogP contribution in [0.5, 0.6) is 0 Å². The molecule has 0 aliphatic heterocycles. The Morgan fingerprint density at radius 1 is 0.900 bits per heavy atom. The van der Waals surface area contributed by atoms with Crippen LogP contribution in [0.2, 0.25) is 0 Å². The van der Waals surface area contributed by atoms with E-state index in [0.717, 1.165) is 0 Å². The molecule has 0 radical (unpaired) electrons. The number of hydrogen-bond donors (Lipinski definition) is 0. The maximum atomic E-state index is 12.0. The molecule has 1 aromatic carbocycles. The molecule has 0 amide bonds. The fourth-order valence-corrected chi connectivity index (χ4v) is 3.91. The second kappa shape index (κ2) is 6.17. The van der Waals surface area contributed by atoms with Crippen LogP contribution >= 0.6 is 68.6 Å². The van der Waals surface area contributed by atoms with E-state index < -0.39 is 5.43 Å². The first-order valence-electron chi connectivity index (χ1n) is 6.28. The highest BCUT2D eigenvalue weighted by atomic mass is 127. The number of anilines is 2. The van der Waals surface area contributed by atoms with Gasteiger partial charge in [-0.2, -0.15) is 0 Å². The molecule has 0 aliphatic rings. The van der Waals surface area contributed by atoms with Crippen LogP contribution in [0.15, 0.2) is 9.59 Å². The van der Waals surface area contributed by atoms with E-state index in [9.17, 15) is 9.59 Å². The highest BCUT2D eigenvalue weighted by molar-refractivity contribution is 14.2. The maximum Gasteiger partial charge on any atom is 0.255 e. The van der Waals surface area contributed by atoms with Gasteiger partial charge in [0.1, 0.15) is 11.4 Å². The second-order valence-corrected chi connectivity index (χ2v) is 11.0. The Balaban J connectivity index is 3.33. The van der Waals surface area contributed by atoms with Crippen LogP contribution in [-0.4, -0.2) is 5.54 Å². The van der Waals surface area contributed by atoms with Gasteiger partial charge in [0.05, 0.1) is 74.1 Å². The molecule has 0 saturated carbocycles. The van der Waals surface area contributed by atoms with Crippen LogP contribution in [0, 0.1) is 11.3 Å². The van der Waals surface area contributed by atoms with Crippen molar-refractivity contribution >= 4 is 80.0 Å². The summed E-state index contributed by atoms with van der Waals surface area (Å²) in [5, 5.41) is 0. The van der Waals surface area contributed by atoms with Gasteiger partial charge in [-0.25, -0.2) is 1.33 Å².